The predicted octanol–water partition coefficient (Wildman–Crippen LogP) is 0.759. The number of hydrogen-bond donors (Lipinski definition) is 1. The zero-order valence-electron chi connectivity index (χ0n) is 6.35. The lowest BCUT2D eigenvalue weighted by Crippen LogP contribution is -2.17. The molecule has 0 unspecified atom stereocenters. The standard InChI is InChI=1S/C7H12N2O/c1-3-6-5-8-9(4-2)7(6)10/h5,8H,3-4H2,1-2H3. The van der Waals surface area contributed by atoms with Crippen LogP contribution in [0.3, 0.4) is 0 Å². The number of aromatic nitrogens is 2. The number of nitrogens with zero attached hydrogens (tertiary/aromatic N) is 1. The lowest BCUT2D eigenvalue weighted by molar-refractivity contribution is 0.636. The molecule has 0 atom stereocenters. The molecular formula is C7H12N2O. The summed E-state index contributed by atoms with van der Waals surface area (Å²) in [4.78, 5) is 11.2. The first-order chi connectivity index (χ1) is 4.79. The van der Waals surface area contributed by atoms with Crippen molar-refractivity contribution in [2.24, 2.45) is 0 Å². The molecule has 0 aromatic carbocycles. The van der Waals surface area contributed by atoms with Crippen molar-refractivity contribution in [1.82, 2.24) is 9.78 Å². The first kappa shape index (κ1) is 7.12. The molecule has 56 valence electrons. The summed E-state index contributed by atoms with van der Waals surface area (Å²) in [7, 11) is 0. The Balaban J connectivity index is 3.09. The lowest BCUT2D eigenvalue weighted by atomic mass is 10.3. The van der Waals surface area contributed by atoms with Crippen LogP contribution < -0.4 is 5.56 Å². The van der Waals surface area contributed by atoms with Crippen LogP contribution in [0, 0.1) is 0 Å². The molecule has 0 saturated carbocycles. The van der Waals surface area contributed by atoms with Gasteiger partial charge in [-0.15, -0.1) is 0 Å². The third kappa shape index (κ3) is 0.988. The molecule has 1 heterocycles. The Kier molecular flexibility index (Phi) is 1.94. The van der Waals surface area contributed by atoms with Gasteiger partial charge in [0.15, 0.2) is 0 Å². The lowest BCUT2D eigenvalue weighted by Gasteiger charge is -1.90. The molecule has 0 radical (unpaired) electrons. The zero-order valence-corrected chi connectivity index (χ0v) is 6.35. The maximum absolute atomic E-state index is 11.2. The van der Waals surface area contributed by atoms with E-state index in [0.29, 0.717) is 0 Å². The van der Waals surface area contributed by atoms with Crippen LogP contribution in [0.4, 0.5) is 0 Å². The third-order valence-electron chi connectivity index (χ3n) is 1.61. The number of aromatic amines is 1. The quantitative estimate of drug-likeness (QED) is 0.647. The molecule has 1 rings (SSSR count). The van der Waals surface area contributed by atoms with E-state index in [1.807, 2.05) is 13.8 Å². The van der Waals surface area contributed by atoms with Crippen molar-refractivity contribution in [3.63, 3.8) is 0 Å². The molecule has 0 spiro atoms. The Labute approximate surface area is 59.7 Å². The summed E-state index contributed by atoms with van der Waals surface area (Å²) in [5.74, 6) is 0. The van der Waals surface area contributed by atoms with Crippen molar-refractivity contribution >= 4 is 0 Å². The number of rotatable bonds is 2. The molecule has 0 aliphatic carbocycles. The molecule has 0 aliphatic heterocycles. The maximum Gasteiger partial charge on any atom is 0.269 e. The van der Waals surface area contributed by atoms with Crippen LogP contribution in [0.5, 0.6) is 0 Å². The summed E-state index contributed by atoms with van der Waals surface area (Å²) in [6, 6.07) is 0. The summed E-state index contributed by atoms with van der Waals surface area (Å²) in [5.41, 5.74) is 0.979. The Hall–Kier alpha value is -0.990. The fraction of sp³-hybridized carbons (Fsp3) is 0.571. The second kappa shape index (κ2) is 2.73. The molecule has 10 heavy (non-hydrogen) atoms. The Morgan fingerprint density at radius 2 is 2.30 bits per heavy atom. The third-order valence-corrected chi connectivity index (χ3v) is 1.61. The van der Waals surface area contributed by atoms with Crippen molar-refractivity contribution in [1.29, 1.82) is 0 Å². The number of aryl methyl sites for hydroxylation is 2. The molecule has 1 N–H and O–H groups in total. The van der Waals surface area contributed by atoms with Crippen LogP contribution in [0.1, 0.15) is 19.4 Å². The first-order valence-corrected chi connectivity index (χ1v) is 3.56. The highest BCUT2D eigenvalue weighted by molar-refractivity contribution is 5.03. The van der Waals surface area contributed by atoms with Crippen LogP contribution in [-0.4, -0.2) is 9.78 Å². The van der Waals surface area contributed by atoms with Gasteiger partial charge in [0.1, 0.15) is 0 Å². The van der Waals surface area contributed by atoms with E-state index in [1.54, 1.807) is 10.9 Å². The van der Waals surface area contributed by atoms with E-state index in [4.69, 9.17) is 0 Å². The Morgan fingerprint density at radius 1 is 1.60 bits per heavy atom. The Morgan fingerprint density at radius 3 is 2.60 bits per heavy atom. The molecule has 1 aromatic rings. The zero-order chi connectivity index (χ0) is 7.56. The van der Waals surface area contributed by atoms with E-state index in [9.17, 15) is 4.79 Å². The summed E-state index contributed by atoms with van der Waals surface area (Å²) in [6.45, 7) is 4.64. The molecule has 0 aliphatic rings. The van der Waals surface area contributed by atoms with Crippen LogP contribution in [0.15, 0.2) is 11.0 Å². The summed E-state index contributed by atoms with van der Waals surface area (Å²) in [6.07, 6.45) is 2.58. The Bertz CT molecular complexity index is 234. The van der Waals surface area contributed by atoms with Gasteiger partial charge >= 0.3 is 0 Å². The van der Waals surface area contributed by atoms with Crippen molar-refractivity contribution in [3.05, 3.63) is 22.1 Å². The maximum atomic E-state index is 11.2. The molecule has 3 nitrogen and oxygen atoms in total. The van der Waals surface area contributed by atoms with Gasteiger partial charge in [-0.05, 0) is 13.3 Å². The smallest absolute Gasteiger partial charge is 0.269 e. The highest BCUT2D eigenvalue weighted by atomic mass is 16.1. The highest BCUT2D eigenvalue weighted by Crippen LogP contribution is 1.88. The number of H-pyrrole nitrogens is 1. The van der Waals surface area contributed by atoms with E-state index >= 15 is 0 Å². The molecular weight excluding hydrogens is 128 g/mol. The fourth-order valence-electron chi connectivity index (χ4n) is 0.938. The normalized spacial score (nSPS) is 10.2. The van der Waals surface area contributed by atoms with Crippen LogP contribution in [0.2, 0.25) is 0 Å². The van der Waals surface area contributed by atoms with Gasteiger partial charge in [-0.1, -0.05) is 6.92 Å². The van der Waals surface area contributed by atoms with Crippen LogP contribution in [0.25, 0.3) is 0 Å². The van der Waals surface area contributed by atoms with Gasteiger partial charge in [-0.3, -0.25) is 9.48 Å². The largest absolute Gasteiger partial charge is 0.303 e. The molecule has 0 saturated heterocycles. The minimum Gasteiger partial charge on any atom is -0.303 e. The van der Waals surface area contributed by atoms with Crippen LogP contribution in [-0.2, 0) is 13.0 Å². The van der Waals surface area contributed by atoms with Gasteiger partial charge in [0.25, 0.3) is 5.56 Å². The SMILES string of the molecule is CCc1c[nH]n(CC)c1=O. The second-order valence-corrected chi connectivity index (χ2v) is 2.20. The molecule has 1 aromatic heterocycles. The molecule has 0 amide bonds. The fourth-order valence-corrected chi connectivity index (χ4v) is 0.938. The van der Waals surface area contributed by atoms with Gasteiger partial charge in [0, 0.05) is 18.3 Å². The van der Waals surface area contributed by atoms with Crippen molar-refractivity contribution in [3.8, 4) is 0 Å². The first-order valence-electron chi connectivity index (χ1n) is 3.56. The summed E-state index contributed by atoms with van der Waals surface area (Å²) in [5, 5.41) is 2.88. The molecule has 3 heteroatoms. The monoisotopic (exact) mass is 140 g/mol. The van der Waals surface area contributed by atoms with Crippen LogP contribution >= 0.6 is 0 Å². The van der Waals surface area contributed by atoms with Crippen molar-refractivity contribution in [2.45, 2.75) is 26.8 Å². The topological polar surface area (TPSA) is 37.8 Å². The van der Waals surface area contributed by atoms with E-state index in [1.165, 1.54) is 0 Å². The summed E-state index contributed by atoms with van der Waals surface area (Å²) < 4.78 is 1.60. The van der Waals surface area contributed by atoms with E-state index in [2.05, 4.69) is 5.10 Å². The second-order valence-electron chi connectivity index (χ2n) is 2.20. The van der Waals surface area contributed by atoms with Gasteiger partial charge in [-0.25, -0.2) is 0 Å². The van der Waals surface area contributed by atoms with E-state index < -0.39 is 0 Å². The van der Waals surface area contributed by atoms with Crippen molar-refractivity contribution < 1.29 is 0 Å². The minimum absolute atomic E-state index is 0.116. The average molecular weight is 140 g/mol. The van der Waals surface area contributed by atoms with Gasteiger partial charge in [-0.2, -0.15) is 0 Å². The average Bonchev–Trinajstić information content (AvgIpc) is 2.30. The number of hydrogen-bond acceptors (Lipinski definition) is 1. The predicted molar refractivity (Wildman–Crippen MR) is 40.1 cm³/mol. The minimum atomic E-state index is 0.116. The number of nitrogens with one attached hydrogen (secondary N) is 1. The van der Waals surface area contributed by atoms with Gasteiger partial charge in [0.2, 0.25) is 0 Å². The summed E-state index contributed by atoms with van der Waals surface area (Å²) >= 11 is 0. The molecule has 0 fully saturated rings. The van der Waals surface area contributed by atoms with Gasteiger partial charge in [0.05, 0.1) is 0 Å². The van der Waals surface area contributed by atoms with E-state index in [0.717, 1.165) is 18.5 Å². The highest BCUT2D eigenvalue weighted by Gasteiger charge is 1.99. The van der Waals surface area contributed by atoms with Crippen molar-refractivity contribution in [2.75, 3.05) is 0 Å². The molecule has 0 bridgehead atoms. The van der Waals surface area contributed by atoms with Gasteiger partial charge < -0.3 is 5.10 Å². The van der Waals surface area contributed by atoms with E-state index in [-0.39, 0.29) is 5.56 Å².